The molecule has 0 saturated heterocycles. The normalized spacial score (nSPS) is 11.5. The maximum Gasteiger partial charge on any atom is 0.238 e. The standard InChI is InChI=1S/C14H11ClN4O2S/c15-14-5-4-12(22(16,20)21)9-13(14)10-2-1-3-11(8-10)19-7-6-17-18-19/h1-9H,(H2,16,20,21). The molecule has 0 aliphatic carbocycles. The molecule has 0 spiro atoms. The number of aromatic nitrogens is 3. The smallest absolute Gasteiger partial charge is 0.225 e. The van der Waals surface area contributed by atoms with Gasteiger partial charge in [-0.05, 0) is 35.9 Å². The van der Waals surface area contributed by atoms with Crippen LogP contribution in [-0.4, -0.2) is 23.4 Å². The van der Waals surface area contributed by atoms with E-state index in [1.165, 1.54) is 18.2 Å². The molecular formula is C14H11ClN4O2S. The lowest BCUT2D eigenvalue weighted by Gasteiger charge is -2.09. The second-order valence-corrected chi connectivity index (χ2v) is 6.55. The molecular weight excluding hydrogens is 324 g/mol. The molecule has 112 valence electrons. The largest absolute Gasteiger partial charge is 0.238 e. The third-order valence-electron chi connectivity index (χ3n) is 3.11. The van der Waals surface area contributed by atoms with Gasteiger partial charge in [0, 0.05) is 10.6 Å². The van der Waals surface area contributed by atoms with Crippen molar-refractivity contribution in [2.45, 2.75) is 4.90 Å². The molecule has 0 radical (unpaired) electrons. The van der Waals surface area contributed by atoms with E-state index in [2.05, 4.69) is 10.3 Å². The molecule has 1 aromatic heterocycles. The van der Waals surface area contributed by atoms with Gasteiger partial charge < -0.3 is 0 Å². The second kappa shape index (κ2) is 5.53. The first-order chi connectivity index (χ1) is 10.4. The van der Waals surface area contributed by atoms with Gasteiger partial charge in [-0.3, -0.25) is 0 Å². The first-order valence-corrected chi connectivity index (χ1v) is 8.17. The van der Waals surface area contributed by atoms with Crippen LogP contribution in [0.1, 0.15) is 0 Å². The summed E-state index contributed by atoms with van der Waals surface area (Å²) in [5.74, 6) is 0. The number of nitrogens with two attached hydrogens (primary N) is 1. The molecule has 2 N–H and O–H groups in total. The average Bonchev–Trinajstić information content (AvgIpc) is 3.01. The monoisotopic (exact) mass is 334 g/mol. The molecule has 0 aliphatic heterocycles. The van der Waals surface area contributed by atoms with Gasteiger partial charge in [0.2, 0.25) is 10.0 Å². The summed E-state index contributed by atoms with van der Waals surface area (Å²) >= 11 is 6.19. The third kappa shape index (κ3) is 2.87. The molecule has 6 nitrogen and oxygen atoms in total. The Kier molecular flexibility index (Phi) is 3.69. The highest BCUT2D eigenvalue weighted by molar-refractivity contribution is 7.89. The molecule has 0 fully saturated rings. The van der Waals surface area contributed by atoms with Crippen LogP contribution in [0.25, 0.3) is 16.8 Å². The van der Waals surface area contributed by atoms with E-state index < -0.39 is 10.0 Å². The Morgan fingerprint density at radius 2 is 1.95 bits per heavy atom. The molecule has 1 heterocycles. The summed E-state index contributed by atoms with van der Waals surface area (Å²) < 4.78 is 24.6. The highest BCUT2D eigenvalue weighted by Gasteiger charge is 2.12. The first-order valence-electron chi connectivity index (χ1n) is 6.24. The van der Waals surface area contributed by atoms with Crippen molar-refractivity contribution < 1.29 is 8.42 Å². The number of rotatable bonds is 3. The Morgan fingerprint density at radius 3 is 2.64 bits per heavy atom. The fourth-order valence-electron chi connectivity index (χ4n) is 2.06. The molecule has 0 atom stereocenters. The van der Waals surface area contributed by atoms with Crippen LogP contribution in [0.2, 0.25) is 5.02 Å². The molecule has 22 heavy (non-hydrogen) atoms. The van der Waals surface area contributed by atoms with Crippen molar-refractivity contribution in [2.24, 2.45) is 5.14 Å². The Morgan fingerprint density at radius 1 is 1.14 bits per heavy atom. The van der Waals surface area contributed by atoms with Crippen LogP contribution in [-0.2, 0) is 10.0 Å². The van der Waals surface area contributed by atoms with Crippen molar-refractivity contribution in [3.8, 4) is 16.8 Å². The van der Waals surface area contributed by atoms with Crippen LogP contribution in [0, 0.1) is 0 Å². The van der Waals surface area contributed by atoms with E-state index in [1.54, 1.807) is 17.1 Å². The third-order valence-corrected chi connectivity index (χ3v) is 4.35. The quantitative estimate of drug-likeness (QED) is 0.795. The lowest BCUT2D eigenvalue weighted by molar-refractivity contribution is 0.598. The van der Waals surface area contributed by atoms with Crippen LogP contribution in [0.3, 0.4) is 0 Å². The summed E-state index contributed by atoms with van der Waals surface area (Å²) in [5, 5.41) is 13.3. The number of nitrogens with zero attached hydrogens (tertiary/aromatic N) is 3. The lowest BCUT2D eigenvalue weighted by Crippen LogP contribution is -2.12. The molecule has 0 bridgehead atoms. The highest BCUT2D eigenvalue weighted by atomic mass is 35.5. The minimum Gasteiger partial charge on any atom is -0.225 e. The number of hydrogen-bond acceptors (Lipinski definition) is 4. The van der Waals surface area contributed by atoms with E-state index in [-0.39, 0.29) is 4.90 Å². The first kappa shape index (κ1) is 14.7. The van der Waals surface area contributed by atoms with Crippen molar-refractivity contribution in [2.75, 3.05) is 0 Å². The summed E-state index contributed by atoms with van der Waals surface area (Å²) in [6.45, 7) is 0. The van der Waals surface area contributed by atoms with Crippen molar-refractivity contribution >= 4 is 21.6 Å². The zero-order chi connectivity index (χ0) is 15.7. The van der Waals surface area contributed by atoms with Gasteiger partial charge in [0.25, 0.3) is 0 Å². The van der Waals surface area contributed by atoms with Gasteiger partial charge in [-0.1, -0.05) is 28.9 Å². The Balaban J connectivity index is 2.14. The highest BCUT2D eigenvalue weighted by Crippen LogP contribution is 2.31. The SMILES string of the molecule is NS(=O)(=O)c1ccc(Cl)c(-c2cccc(-n3ccnn3)c2)c1. The van der Waals surface area contributed by atoms with Gasteiger partial charge in [-0.15, -0.1) is 5.10 Å². The average molecular weight is 335 g/mol. The fourth-order valence-corrected chi connectivity index (χ4v) is 2.83. The minimum atomic E-state index is -3.79. The molecule has 3 rings (SSSR count). The van der Waals surface area contributed by atoms with E-state index >= 15 is 0 Å². The van der Waals surface area contributed by atoms with Gasteiger partial charge in [0.05, 0.1) is 23.0 Å². The molecule has 0 amide bonds. The zero-order valence-electron chi connectivity index (χ0n) is 11.2. The summed E-state index contributed by atoms with van der Waals surface area (Å²) in [6, 6.07) is 11.7. The molecule has 0 unspecified atom stereocenters. The number of hydrogen-bond donors (Lipinski definition) is 1. The molecule has 2 aromatic carbocycles. The van der Waals surface area contributed by atoms with Gasteiger partial charge in [-0.25, -0.2) is 18.2 Å². The van der Waals surface area contributed by atoms with Crippen LogP contribution in [0.15, 0.2) is 59.8 Å². The van der Waals surface area contributed by atoms with Crippen molar-refractivity contribution in [1.29, 1.82) is 0 Å². The summed E-state index contributed by atoms with van der Waals surface area (Å²) in [4.78, 5) is 0.0121. The summed E-state index contributed by atoms with van der Waals surface area (Å²) in [5.41, 5.74) is 2.12. The van der Waals surface area contributed by atoms with Gasteiger partial charge in [-0.2, -0.15) is 0 Å². The Labute approximate surface area is 132 Å². The number of primary sulfonamides is 1. The zero-order valence-corrected chi connectivity index (χ0v) is 12.8. The molecule has 3 aromatic rings. The number of benzene rings is 2. The van der Waals surface area contributed by atoms with Gasteiger partial charge >= 0.3 is 0 Å². The second-order valence-electron chi connectivity index (χ2n) is 4.58. The van der Waals surface area contributed by atoms with Crippen LogP contribution in [0.5, 0.6) is 0 Å². The number of sulfonamides is 1. The van der Waals surface area contributed by atoms with E-state index in [0.29, 0.717) is 10.6 Å². The van der Waals surface area contributed by atoms with E-state index in [9.17, 15) is 8.42 Å². The van der Waals surface area contributed by atoms with Crippen molar-refractivity contribution in [3.63, 3.8) is 0 Å². The van der Waals surface area contributed by atoms with Crippen LogP contribution < -0.4 is 5.14 Å². The summed E-state index contributed by atoms with van der Waals surface area (Å²) in [7, 11) is -3.79. The maximum atomic E-state index is 11.5. The predicted molar refractivity (Wildman–Crippen MR) is 83.2 cm³/mol. The van der Waals surface area contributed by atoms with E-state index in [0.717, 1.165) is 11.3 Å². The lowest BCUT2D eigenvalue weighted by atomic mass is 10.1. The number of halogens is 1. The van der Waals surface area contributed by atoms with Gasteiger partial charge in [0.1, 0.15) is 0 Å². The van der Waals surface area contributed by atoms with E-state index in [4.69, 9.17) is 16.7 Å². The molecule has 0 aliphatic rings. The van der Waals surface area contributed by atoms with Crippen molar-refractivity contribution in [3.05, 3.63) is 59.9 Å². The predicted octanol–water partition coefficient (Wildman–Crippen LogP) is 2.24. The Hall–Kier alpha value is -2.22. The maximum absolute atomic E-state index is 11.5. The van der Waals surface area contributed by atoms with Crippen LogP contribution >= 0.6 is 11.6 Å². The molecule has 8 heteroatoms. The van der Waals surface area contributed by atoms with Crippen LogP contribution in [0.4, 0.5) is 0 Å². The topological polar surface area (TPSA) is 90.9 Å². The minimum absolute atomic E-state index is 0.0121. The van der Waals surface area contributed by atoms with E-state index in [1.807, 2.05) is 24.3 Å². The van der Waals surface area contributed by atoms with Crippen molar-refractivity contribution in [1.82, 2.24) is 15.0 Å². The Bertz CT molecular complexity index is 924. The fraction of sp³-hybridized carbons (Fsp3) is 0. The summed E-state index contributed by atoms with van der Waals surface area (Å²) in [6.07, 6.45) is 3.28. The van der Waals surface area contributed by atoms with Gasteiger partial charge in [0.15, 0.2) is 0 Å². The molecule has 0 saturated carbocycles.